The minimum Gasteiger partial charge on any atom is -0.334 e. The molecule has 8 aromatic rings. The molecule has 55 heavy (non-hydrogen) atoms. The normalized spacial score (nSPS) is 16.5. The number of rotatable bonds is 8. The molecule has 0 aromatic heterocycles. The van der Waals surface area contributed by atoms with Gasteiger partial charge < -0.3 is 4.90 Å². The van der Waals surface area contributed by atoms with Crippen LogP contribution in [0.3, 0.4) is 0 Å². The van der Waals surface area contributed by atoms with E-state index < -0.39 is 0 Å². The first kappa shape index (κ1) is 33.2. The van der Waals surface area contributed by atoms with Crippen molar-refractivity contribution in [2.75, 3.05) is 4.90 Å². The van der Waals surface area contributed by atoms with E-state index in [1.54, 1.807) is 0 Å². The minimum atomic E-state index is 0.224. The number of para-hydroxylation sites is 1. The van der Waals surface area contributed by atoms with Gasteiger partial charge in [-0.05, 0) is 116 Å². The van der Waals surface area contributed by atoms with Crippen LogP contribution < -0.4 is 4.90 Å². The maximum atomic E-state index is 2.54. The maximum Gasteiger partial charge on any atom is 0.0591 e. The predicted octanol–water partition coefficient (Wildman–Crippen LogP) is 14.2. The number of nitrogens with zero attached hydrogens (tertiary/aromatic N) is 1. The van der Waals surface area contributed by atoms with Gasteiger partial charge >= 0.3 is 0 Å². The fourth-order valence-corrected chi connectivity index (χ4v) is 9.18. The lowest BCUT2D eigenvalue weighted by molar-refractivity contribution is 0.573. The number of anilines is 2. The van der Waals surface area contributed by atoms with Gasteiger partial charge in [0.25, 0.3) is 0 Å². The molecular weight excluding hydrogens is 663 g/mol. The number of hydrogen-bond acceptors (Lipinski definition) is 1. The SMILES string of the molecule is C1=CC2C(CC1)c1cc(-c3cccc(-c4ccc(CC(c5ccc(-c6ccccc6)cc5)c5cccc6ccccc56)cc4)c3)ccc1N2c1ccccc1. The average Bonchev–Trinajstić information content (AvgIpc) is 3.60. The molecular formula is C54H43N. The molecule has 0 bridgehead atoms. The lowest BCUT2D eigenvalue weighted by Gasteiger charge is -2.30. The van der Waals surface area contributed by atoms with Gasteiger partial charge in [0.1, 0.15) is 0 Å². The standard InChI is InChI=1S/C54H43N/c1-3-13-39(14-4-1)40-29-31-43(32-30-40)51(49-23-12-16-42-15-7-8-21-48(42)49)35-38-25-27-41(28-26-38)44-17-11-18-45(36-44)46-33-34-54-52(37-46)50-22-9-10-24-53(50)55(54)47-19-5-2-6-20-47/h1-8,10-21,23-34,36-37,50-51,53H,9,22,35H2. The van der Waals surface area contributed by atoms with Gasteiger partial charge in [-0.25, -0.2) is 0 Å². The van der Waals surface area contributed by atoms with Crippen LogP contribution in [0, 0.1) is 0 Å². The Morgan fingerprint density at radius 1 is 0.509 bits per heavy atom. The highest BCUT2D eigenvalue weighted by molar-refractivity contribution is 5.87. The zero-order valence-corrected chi connectivity index (χ0v) is 30.9. The van der Waals surface area contributed by atoms with Gasteiger partial charge in [-0.2, -0.15) is 0 Å². The Hall–Kier alpha value is -6.44. The second-order valence-electron chi connectivity index (χ2n) is 15.2. The Morgan fingerprint density at radius 3 is 1.93 bits per heavy atom. The lowest BCUT2D eigenvalue weighted by Crippen LogP contribution is -2.29. The van der Waals surface area contributed by atoms with E-state index in [-0.39, 0.29) is 5.92 Å². The Bertz CT molecular complexity index is 2610. The van der Waals surface area contributed by atoms with Gasteiger partial charge in [0.15, 0.2) is 0 Å². The highest BCUT2D eigenvalue weighted by Crippen LogP contribution is 2.50. The zero-order chi connectivity index (χ0) is 36.6. The quantitative estimate of drug-likeness (QED) is 0.142. The molecule has 8 aromatic carbocycles. The predicted molar refractivity (Wildman–Crippen MR) is 232 cm³/mol. The van der Waals surface area contributed by atoms with Crippen LogP contribution in [0.15, 0.2) is 206 Å². The largest absolute Gasteiger partial charge is 0.334 e. The van der Waals surface area contributed by atoms with E-state index in [1.807, 2.05) is 0 Å². The van der Waals surface area contributed by atoms with Crippen LogP contribution >= 0.6 is 0 Å². The van der Waals surface area contributed by atoms with E-state index in [9.17, 15) is 0 Å². The summed E-state index contributed by atoms with van der Waals surface area (Å²) in [5.74, 6) is 0.734. The van der Waals surface area contributed by atoms with Gasteiger partial charge in [0, 0.05) is 23.2 Å². The molecule has 1 aliphatic heterocycles. The molecule has 1 heterocycles. The summed E-state index contributed by atoms with van der Waals surface area (Å²) in [5, 5.41) is 2.61. The van der Waals surface area contributed by atoms with Crippen molar-refractivity contribution in [1.29, 1.82) is 0 Å². The maximum absolute atomic E-state index is 2.54. The Balaban J connectivity index is 0.946. The van der Waals surface area contributed by atoms with Gasteiger partial charge in [-0.15, -0.1) is 0 Å². The van der Waals surface area contributed by atoms with Crippen molar-refractivity contribution in [3.63, 3.8) is 0 Å². The third-order valence-corrected chi connectivity index (χ3v) is 12.0. The highest BCUT2D eigenvalue weighted by atomic mass is 15.2. The molecule has 264 valence electrons. The first-order valence-electron chi connectivity index (χ1n) is 19.7. The third-order valence-electron chi connectivity index (χ3n) is 12.0. The van der Waals surface area contributed by atoms with Crippen LogP contribution in [0.25, 0.3) is 44.2 Å². The Kier molecular flexibility index (Phi) is 8.69. The summed E-state index contributed by atoms with van der Waals surface area (Å²) in [6, 6.07) is 72.2. The second kappa shape index (κ2) is 14.4. The summed E-state index contributed by atoms with van der Waals surface area (Å²) in [4.78, 5) is 2.54. The fraction of sp³-hybridized carbons (Fsp3) is 0.111. The average molecular weight is 706 g/mol. The van der Waals surface area contributed by atoms with E-state index in [2.05, 4.69) is 211 Å². The molecule has 0 N–H and O–H groups in total. The van der Waals surface area contributed by atoms with E-state index >= 15 is 0 Å². The molecule has 10 rings (SSSR count). The van der Waals surface area contributed by atoms with Crippen molar-refractivity contribution < 1.29 is 0 Å². The van der Waals surface area contributed by atoms with Gasteiger partial charge in [-0.3, -0.25) is 0 Å². The molecule has 0 saturated heterocycles. The summed E-state index contributed by atoms with van der Waals surface area (Å²) in [6.07, 6.45) is 8.05. The smallest absolute Gasteiger partial charge is 0.0591 e. The van der Waals surface area contributed by atoms with Crippen LogP contribution in [0.1, 0.15) is 46.9 Å². The van der Waals surface area contributed by atoms with E-state index in [4.69, 9.17) is 0 Å². The lowest BCUT2D eigenvalue weighted by atomic mass is 9.83. The van der Waals surface area contributed by atoms with Crippen LogP contribution in [-0.4, -0.2) is 6.04 Å². The van der Waals surface area contributed by atoms with Gasteiger partial charge in [0.2, 0.25) is 0 Å². The minimum absolute atomic E-state index is 0.224. The second-order valence-corrected chi connectivity index (χ2v) is 15.2. The summed E-state index contributed by atoms with van der Waals surface area (Å²) in [6.45, 7) is 0. The first-order chi connectivity index (χ1) is 27.3. The molecule has 0 saturated carbocycles. The molecule has 0 amide bonds. The Morgan fingerprint density at radius 2 is 1.11 bits per heavy atom. The van der Waals surface area contributed by atoms with Gasteiger partial charge in [0.05, 0.1) is 6.04 Å². The number of allylic oxidation sites excluding steroid dienone is 1. The van der Waals surface area contributed by atoms with E-state index in [0.29, 0.717) is 12.0 Å². The summed E-state index contributed by atoms with van der Waals surface area (Å²) in [7, 11) is 0. The van der Waals surface area contributed by atoms with Crippen molar-refractivity contribution in [3.05, 3.63) is 229 Å². The van der Waals surface area contributed by atoms with Crippen molar-refractivity contribution in [3.8, 4) is 33.4 Å². The molecule has 1 nitrogen and oxygen atoms in total. The zero-order valence-electron chi connectivity index (χ0n) is 30.9. The summed E-state index contributed by atoms with van der Waals surface area (Å²) >= 11 is 0. The molecule has 3 unspecified atom stereocenters. The highest BCUT2D eigenvalue weighted by Gasteiger charge is 2.38. The van der Waals surface area contributed by atoms with E-state index in [0.717, 1.165) is 12.8 Å². The van der Waals surface area contributed by atoms with E-state index in [1.165, 1.54) is 84.2 Å². The van der Waals surface area contributed by atoms with Crippen LogP contribution in [0.5, 0.6) is 0 Å². The number of benzene rings is 8. The van der Waals surface area contributed by atoms with Crippen LogP contribution in [-0.2, 0) is 6.42 Å². The Labute approximate surface area is 324 Å². The third kappa shape index (κ3) is 6.36. The van der Waals surface area contributed by atoms with Crippen molar-refractivity contribution in [2.45, 2.75) is 37.1 Å². The topological polar surface area (TPSA) is 3.24 Å². The van der Waals surface area contributed by atoms with Gasteiger partial charge in [-0.1, -0.05) is 176 Å². The molecule has 0 spiro atoms. The molecule has 3 atom stereocenters. The van der Waals surface area contributed by atoms with Crippen molar-refractivity contribution in [1.82, 2.24) is 0 Å². The van der Waals surface area contributed by atoms with Crippen molar-refractivity contribution >= 4 is 22.1 Å². The summed E-state index contributed by atoms with van der Waals surface area (Å²) in [5.41, 5.74) is 15.7. The molecule has 2 aliphatic rings. The fourth-order valence-electron chi connectivity index (χ4n) is 9.18. The first-order valence-corrected chi connectivity index (χ1v) is 19.7. The van der Waals surface area contributed by atoms with Crippen LogP contribution in [0.4, 0.5) is 11.4 Å². The van der Waals surface area contributed by atoms with Crippen LogP contribution in [0.2, 0.25) is 0 Å². The molecule has 0 fully saturated rings. The van der Waals surface area contributed by atoms with Crippen molar-refractivity contribution in [2.24, 2.45) is 0 Å². The molecule has 0 radical (unpaired) electrons. The molecule has 1 aliphatic carbocycles. The number of fused-ring (bicyclic) bond motifs is 4. The summed E-state index contributed by atoms with van der Waals surface area (Å²) < 4.78 is 0. The molecule has 1 heteroatoms. The monoisotopic (exact) mass is 705 g/mol. The number of hydrogen-bond donors (Lipinski definition) is 0.